The third kappa shape index (κ3) is 4.42. The maximum Gasteiger partial charge on any atom is 0.209 e. The van der Waals surface area contributed by atoms with Crippen LogP contribution in [0.1, 0.15) is 20.8 Å². The molecule has 0 spiro atoms. The first-order valence-electron chi connectivity index (χ1n) is 6.60. The molecule has 1 unspecified atom stereocenters. The zero-order chi connectivity index (χ0) is 14.7. The minimum absolute atomic E-state index is 0.233. The van der Waals surface area contributed by atoms with Crippen LogP contribution in [0.5, 0.6) is 0 Å². The van der Waals surface area contributed by atoms with Crippen molar-refractivity contribution in [2.75, 3.05) is 19.3 Å². The minimum atomic E-state index is -3.26. The standard InChI is InChI=1S/C13H25N3O2S/c1-5-16(6-2)12-7-9-13(14,10-8-12)11(3)15-19(4,17)18/h7-12,15H,5-6,14H2,1-4H3. The summed E-state index contributed by atoms with van der Waals surface area (Å²) >= 11 is 0. The topological polar surface area (TPSA) is 75.4 Å². The van der Waals surface area contributed by atoms with Crippen molar-refractivity contribution in [3.63, 3.8) is 0 Å². The number of rotatable bonds is 6. The normalized spacial score (nSPS) is 28.8. The smallest absolute Gasteiger partial charge is 0.209 e. The highest BCUT2D eigenvalue weighted by Crippen LogP contribution is 2.20. The summed E-state index contributed by atoms with van der Waals surface area (Å²) in [4.78, 5) is 2.29. The lowest BCUT2D eigenvalue weighted by atomic mass is 9.87. The Morgan fingerprint density at radius 2 is 1.79 bits per heavy atom. The van der Waals surface area contributed by atoms with Crippen molar-refractivity contribution in [1.29, 1.82) is 0 Å². The van der Waals surface area contributed by atoms with E-state index in [0.29, 0.717) is 0 Å². The maximum absolute atomic E-state index is 11.3. The van der Waals surface area contributed by atoms with Gasteiger partial charge < -0.3 is 5.73 Å². The van der Waals surface area contributed by atoms with Crippen LogP contribution in [0.15, 0.2) is 24.3 Å². The lowest BCUT2D eigenvalue weighted by Crippen LogP contribution is -2.55. The summed E-state index contributed by atoms with van der Waals surface area (Å²) in [7, 11) is -3.26. The maximum atomic E-state index is 11.3. The first-order chi connectivity index (χ1) is 8.72. The average molecular weight is 287 g/mol. The van der Waals surface area contributed by atoms with Crippen molar-refractivity contribution in [3.8, 4) is 0 Å². The molecular formula is C13H25N3O2S. The number of nitrogens with zero attached hydrogens (tertiary/aromatic N) is 1. The molecule has 0 aromatic heterocycles. The Bertz CT molecular complexity index is 439. The van der Waals surface area contributed by atoms with Crippen LogP contribution in [0, 0.1) is 0 Å². The van der Waals surface area contributed by atoms with Gasteiger partial charge in [0.2, 0.25) is 10.0 Å². The largest absolute Gasteiger partial charge is 0.317 e. The second-order valence-electron chi connectivity index (χ2n) is 5.04. The van der Waals surface area contributed by atoms with Crippen molar-refractivity contribution in [1.82, 2.24) is 9.62 Å². The first-order valence-corrected chi connectivity index (χ1v) is 8.50. The molecule has 0 bridgehead atoms. The Hall–Kier alpha value is -0.690. The molecular weight excluding hydrogens is 262 g/mol. The number of nitrogens with two attached hydrogens (primary N) is 1. The highest BCUT2D eigenvalue weighted by molar-refractivity contribution is 7.88. The first kappa shape index (κ1) is 16.4. The lowest BCUT2D eigenvalue weighted by molar-refractivity contribution is 0.283. The quantitative estimate of drug-likeness (QED) is 0.696. The molecule has 0 fully saturated rings. The molecule has 0 saturated heterocycles. The van der Waals surface area contributed by atoms with Crippen molar-refractivity contribution >= 4 is 10.0 Å². The van der Waals surface area contributed by atoms with Gasteiger partial charge in [-0.1, -0.05) is 38.2 Å². The molecule has 0 amide bonds. The second-order valence-corrected chi connectivity index (χ2v) is 6.82. The van der Waals surface area contributed by atoms with Gasteiger partial charge in [0, 0.05) is 12.1 Å². The summed E-state index contributed by atoms with van der Waals surface area (Å²) in [6.07, 6.45) is 8.99. The molecule has 0 saturated carbocycles. The van der Waals surface area contributed by atoms with E-state index in [1.807, 2.05) is 24.3 Å². The Balaban J connectivity index is 2.79. The van der Waals surface area contributed by atoms with E-state index in [2.05, 4.69) is 23.5 Å². The molecule has 0 radical (unpaired) electrons. The predicted octanol–water partition coefficient (Wildman–Crippen LogP) is 0.458. The highest BCUT2D eigenvalue weighted by Gasteiger charge is 2.31. The fourth-order valence-electron chi connectivity index (χ4n) is 2.25. The molecule has 0 aromatic carbocycles. The number of nitrogens with one attached hydrogen (secondary N) is 1. The van der Waals surface area contributed by atoms with Gasteiger partial charge in [-0.3, -0.25) is 4.90 Å². The van der Waals surface area contributed by atoms with E-state index in [1.54, 1.807) is 6.92 Å². The molecule has 5 nitrogen and oxygen atoms in total. The highest BCUT2D eigenvalue weighted by atomic mass is 32.2. The third-order valence-electron chi connectivity index (χ3n) is 3.54. The van der Waals surface area contributed by atoms with Gasteiger partial charge in [-0.2, -0.15) is 0 Å². The Morgan fingerprint density at radius 3 is 2.16 bits per heavy atom. The van der Waals surface area contributed by atoms with Crippen LogP contribution < -0.4 is 10.5 Å². The van der Waals surface area contributed by atoms with E-state index >= 15 is 0 Å². The summed E-state index contributed by atoms with van der Waals surface area (Å²) in [5, 5.41) is 0. The van der Waals surface area contributed by atoms with Gasteiger partial charge in [0.05, 0.1) is 11.8 Å². The van der Waals surface area contributed by atoms with Gasteiger partial charge in [-0.05, 0) is 20.0 Å². The fraction of sp³-hybridized carbons (Fsp3) is 0.692. The van der Waals surface area contributed by atoms with Crippen LogP contribution in [0.4, 0.5) is 0 Å². The summed E-state index contributed by atoms with van der Waals surface area (Å²) in [6, 6.07) is -0.148. The monoisotopic (exact) mass is 287 g/mol. The number of hydrogen-bond donors (Lipinski definition) is 2. The van der Waals surface area contributed by atoms with Crippen molar-refractivity contribution in [2.24, 2.45) is 5.73 Å². The zero-order valence-electron chi connectivity index (χ0n) is 12.1. The van der Waals surface area contributed by atoms with Gasteiger partial charge in [0.15, 0.2) is 0 Å². The van der Waals surface area contributed by atoms with Crippen LogP contribution in [0.2, 0.25) is 0 Å². The molecule has 0 aromatic rings. The summed E-state index contributed by atoms with van der Waals surface area (Å²) in [6.45, 7) is 7.93. The predicted molar refractivity (Wildman–Crippen MR) is 79.3 cm³/mol. The van der Waals surface area contributed by atoms with Crippen LogP contribution >= 0.6 is 0 Å². The minimum Gasteiger partial charge on any atom is -0.317 e. The van der Waals surface area contributed by atoms with Gasteiger partial charge >= 0.3 is 0 Å². The lowest BCUT2D eigenvalue weighted by Gasteiger charge is -2.35. The number of sulfonamides is 1. The van der Waals surface area contributed by atoms with Crippen LogP contribution in [0.3, 0.4) is 0 Å². The second kappa shape index (κ2) is 6.17. The van der Waals surface area contributed by atoms with Crippen LogP contribution in [0.25, 0.3) is 0 Å². The van der Waals surface area contributed by atoms with E-state index in [4.69, 9.17) is 5.73 Å². The summed E-state index contributed by atoms with van der Waals surface area (Å²) < 4.78 is 25.1. The molecule has 19 heavy (non-hydrogen) atoms. The molecule has 3 N–H and O–H groups in total. The molecule has 1 atom stereocenters. The van der Waals surface area contributed by atoms with Crippen LogP contribution in [-0.4, -0.2) is 50.3 Å². The van der Waals surface area contributed by atoms with Crippen molar-refractivity contribution < 1.29 is 8.42 Å². The van der Waals surface area contributed by atoms with Gasteiger partial charge in [-0.15, -0.1) is 0 Å². The van der Waals surface area contributed by atoms with Gasteiger partial charge in [0.25, 0.3) is 0 Å². The van der Waals surface area contributed by atoms with E-state index in [-0.39, 0.29) is 12.1 Å². The van der Waals surface area contributed by atoms with Crippen molar-refractivity contribution in [3.05, 3.63) is 24.3 Å². The molecule has 0 aliphatic heterocycles. The Kier molecular flexibility index (Phi) is 5.32. The van der Waals surface area contributed by atoms with E-state index in [1.165, 1.54) is 0 Å². The van der Waals surface area contributed by atoms with Crippen LogP contribution in [-0.2, 0) is 10.0 Å². The molecule has 1 aliphatic rings. The fourth-order valence-corrected chi connectivity index (χ4v) is 3.10. The molecule has 1 rings (SSSR count). The zero-order valence-corrected chi connectivity index (χ0v) is 12.9. The molecule has 0 heterocycles. The molecule has 6 heteroatoms. The Labute approximate surface area is 116 Å². The molecule has 110 valence electrons. The van der Waals surface area contributed by atoms with Gasteiger partial charge in [-0.25, -0.2) is 13.1 Å². The average Bonchev–Trinajstić information content (AvgIpc) is 2.31. The molecule has 1 aliphatic carbocycles. The van der Waals surface area contributed by atoms with Crippen molar-refractivity contribution in [2.45, 2.75) is 38.4 Å². The SMILES string of the molecule is CCN(CC)C1C=CC(N)(C(C)NS(C)(=O)=O)C=C1. The summed E-state index contributed by atoms with van der Waals surface area (Å²) in [5.74, 6) is 0. The summed E-state index contributed by atoms with van der Waals surface area (Å²) in [5.41, 5.74) is 5.46. The van der Waals surface area contributed by atoms with E-state index in [0.717, 1.165) is 19.3 Å². The number of hydrogen-bond acceptors (Lipinski definition) is 4. The van der Waals surface area contributed by atoms with E-state index in [9.17, 15) is 8.42 Å². The van der Waals surface area contributed by atoms with E-state index < -0.39 is 15.6 Å². The number of likely N-dealkylation sites (N-methyl/N-ethyl adjacent to an activating group) is 1. The van der Waals surface area contributed by atoms with Gasteiger partial charge in [0.1, 0.15) is 0 Å². The Morgan fingerprint density at radius 1 is 1.32 bits per heavy atom. The third-order valence-corrected chi connectivity index (χ3v) is 4.32.